The predicted molar refractivity (Wildman–Crippen MR) is 39.0 cm³/mol. The Morgan fingerprint density at radius 1 is 1.20 bits per heavy atom. The van der Waals surface area contributed by atoms with Crippen LogP contribution in [0.4, 0.5) is 4.39 Å². The largest absolute Gasteiger partial charge is 0.207 e. The van der Waals surface area contributed by atoms with Crippen molar-refractivity contribution < 1.29 is 4.39 Å². The van der Waals surface area contributed by atoms with E-state index in [-0.39, 0.29) is 5.82 Å². The highest BCUT2D eigenvalue weighted by atomic mass is 19.1. The second-order valence-corrected chi connectivity index (χ2v) is 2.17. The van der Waals surface area contributed by atoms with Gasteiger partial charge in [0.1, 0.15) is 5.82 Å². The third-order valence-electron chi connectivity index (χ3n) is 1.35. The van der Waals surface area contributed by atoms with Crippen LogP contribution in [0, 0.1) is 12.7 Å². The van der Waals surface area contributed by atoms with Crippen LogP contribution in [0.2, 0.25) is 0 Å². The Morgan fingerprint density at radius 2 is 1.80 bits per heavy atom. The van der Waals surface area contributed by atoms with Gasteiger partial charge in [0.15, 0.2) is 0 Å². The van der Waals surface area contributed by atoms with Crippen molar-refractivity contribution in [2.24, 2.45) is 0 Å². The molecule has 2 radical (unpaired) electrons. The molecule has 0 aromatic heterocycles. The molecule has 0 N–H and O–H groups in total. The lowest BCUT2D eigenvalue weighted by molar-refractivity contribution is 0.627. The Labute approximate surface area is 60.7 Å². The minimum atomic E-state index is -0.194. The molecule has 0 aliphatic rings. The Morgan fingerprint density at radius 3 is 2.30 bits per heavy atom. The fourth-order valence-electron chi connectivity index (χ4n) is 0.818. The highest BCUT2D eigenvalue weighted by Crippen LogP contribution is 2.04. The van der Waals surface area contributed by atoms with E-state index in [0.717, 1.165) is 12.0 Å². The summed E-state index contributed by atoms with van der Waals surface area (Å²) in [6.07, 6.45) is 1.44. The van der Waals surface area contributed by atoms with Gasteiger partial charge in [0.2, 0.25) is 0 Å². The Balaban J connectivity index is 2.69. The summed E-state index contributed by atoms with van der Waals surface area (Å²) < 4.78 is 12.3. The van der Waals surface area contributed by atoms with E-state index in [1.807, 2.05) is 0 Å². The molecule has 0 heterocycles. The zero-order valence-corrected chi connectivity index (χ0v) is 5.68. The van der Waals surface area contributed by atoms with Gasteiger partial charge in [-0.1, -0.05) is 12.1 Å². The third-order valence-corrected chi connectivity index (χ3v) is 1.35. The molecule has 0 aliphatic carbocycles. The fourth-order valence-corrected chi connectivity index (χ4v) is 0.818. The van der Waals surface area contributed by atoms with Crippen LogP contribution < -0.4 is 0 Å². The Hall–Kier alpha value is -0.850. The first-order valence-corrected chi connectivity index (χ1v) is 3.27. The summed E-state index contributed by atoms with van der Waals surface area (Å²) in [6, 6.07) is 6.40. The molecule has 0 aliphatic heterocycles. The maximum atomic E-state index is 12.3. The molecule has 0 saturated heterocycles. The first-order valence-electron chi connectivity index (χ1n) is 3.27. The fraction of sp³-hybridized carbons (Fsp3) is 0.222. The van der Waals surface area contributed by atoms with E-state index in [1.165, 1.54) is 12.1 Å². The summed E-state index contributed by atoms with van der Waals surface area (Å²) in [4.78, 5) is 0. The van der Waals surface area contributed by atoms with Gasteiger partial charge in [-0.05, 0) is 37.5 Å². The second kappa shape index (κ2) is 3.35. The summed E-state index contributed by atoms with van der Waals surface area (Å²) in [5.74, 6) is -0.194. The van der Waals surface area contributed by atoms with Gasteiger partial charge in [-0.2, -0.15) is 0 Å². The molecular weight excluding hydrogens is 127 g/mol. The van der Waals surface area contributed by atoms with Crippen LogP contribution in [-0.4, -0.2) is 0 Å². The summed E-state index contributed by atoms with van der Waals surface area (Å²) in [6.45, 7) is 5.30. The molecular formula is C9H9F. The van der Waals surface area contributed by atoms with Crippen molar-refractivity contribution in [3.05, 3.63) is 42.6 Å². The number of hydrogen-bond donors (Lipinski definition) is 0. The van der Waals surface area contributed by atoms with Crippen molar-refractivity contribution in [1.29, 1.82) is 0 Å². The molecule has 0 bridgehead atoms. The zero-order chi connectivity index (χ0) is 7.40. The van der Waals surface area contributed by atoms with Gasteiger partial charge in [0, 0.05) is 0 Å². The SMILES string of the molecule is [CH]CCc1ccc(F)cc1. The Kier molecular flexibility index (Phi) is 2.43. The lowest BCUT2D eigenvalue weighted by Crippen LogP contribution is -1.82. The molecule has 0 atom stereocenters. The van der Waals surface area contributed by atoms with Gasteiger partial charge < -0.3 is 0 Å². The van der Waals surface area contributed by atoms with Gasteiger partial charge in [0.05, 0.1) is 0 Å². The summed E-state index contributed by atoms with van der Waals surface area (Å²) in [5, 5.41) is 0. The predicted octanol–water partition coefficient (Wildman–Crippen LogP) is 2.47. The molecule has 0 amide bonds. The number of halogens is 1. The van der Waals surface area contributed by atoms with Gasteiger partial charge in [-0.25, -0.2) is 4.39 Å². The number of rotatable bonds is 2. The van der Waals surface area contributed by atoms with E-state index < -0.39 is 0 Å². The number of aryl methyl sites for hydroxylation is 1. The topological polar surface area (TPSA) is 0 Å². The van der Waals surface area contributed by atoms with Gasteiger partial charge in [-0.15, -0.1) is 0 Å². The third kappa shape index (κ3) is 1.83. The highest BCUT2D eigenvalue weighted by molar-refractivity contribution is 5.15. The van der Waals surface area contributed by atoms with E-state index in [1.54, 1.807) is 12.1 Å². The van der Waals surface area contributed by atoms with E-state index >= 15 is 0 Å². The quantitative estimate of drug-likeness (QED) is 0.585. The molecule has 1 heteroatoms. The second-order valence-electron chi connectivity index (χ2n) is 2.17. The van der Waals surface area contributed by atoms with E-state index in [4.69, 9.17) is 6.92 Å². The number of hydrogen-bond acceptors (Lipinski definition) is 0. The molecule has 0 fully saturated rings. The van der Waals surface area contributed by atoms with Crippen LogP contribution >= 0.6 is 0 Å². The average molecular weight is 136 g/mol. The van der Waals surface area contributed by atoms with Crippen molar-refractivity contribution in [2.45, 2.75) is 12.8 Å². The summed E-state index contributed by atoms with van der Waals surface area (Å²) >= 11 is 0. The van der Waals surface area contributed by atoms with E-state index in [9.17, 15) is 4.39 Å². The zero-order valence-electron chi connectivity index (χ0n) is 5.68. The van der Waals surface area contributed by atoms with Crippen LogP contribution in [0.1, 0.15) is 12.0 Å². The highest BCUT2D eigenvalue weighted by Gasteiger charge is 1.90. The minimum Gasteiger partial charge on any atom is -0.207 e. The molecule has 1 aromatic rings. The molecule has 0 unspecified atom stereocenters. The molecule has 0 saturated carbocycles. The monoisotopic (exact) mass is 136 g/mol. The minimum absolute atomic E-state index is 0.194. The van der Waals surface area contributed by atoms with Crippen LogP contribution in [0.5, 0.6) is 0 Å². The molecule has 0 spiro atoms. The molecule has 1 aromatic carbocycles. The first-order chi connectivity index (χ1) is 4.83. The maximum Gasteiger partial charge on any atom is 0.123 e. The molecule has 0 nitrogen and oxygen atoms in total. The lowest BCUT2D eigenvalue weighted by Gasteiger charge is -1.95. The van der Waals surface area contributed by atoms with Crippen LogP contribution in [0.25, 0.3) is 0 Å². The normalized spacial score (nSPS) is 9.80. The maximum absolute atomic E-state index is 12.3. The lowest BCUT2D eigenvalue weighted by atomic mass is 10.1. The van der Waals surface area contributed by atoms with Crippen molar-refractivity contribution in [1.82, 2.24) is 0 Å². The smallest absolute Gasteiger partial charge is 0.123 e. The van der Waals surface area contributed by atoms with Crippen molar-refractivity contribution >= 4 is 0 Å². The standard InChI is InChI=1S/C9H9F/c1-2-3-8-4-6-9(10)7-5-8/h1,4-7H,2-3H2. The van der Waals surface area contributed by atoms with Crippen LogP contribution in [-0.2, 0) is 6.42 Å². The first kappa shape index (κ1) is 7.26. The van der Waals surface area contributed by atoms with Gasteiger partial charge >= 0.3 is 0 Å². The summed E-state index contributed by atoms with van der Waals surface area (Å²) in [7, 11) is 0. The molecule has 1 rings (SSSR count). The van der Waals surface area contributed by atoms with E-state index in [0.29, 0.717) is 6.42 Å². The summed E-state index contributed by atoms with van der Waals surface area (Å²) in [5.41, 5.74) is 1.09. The molecule has 52 valence electrons. The average Bonchev–Trinajstić information content (AvgIpc) is 1.95. The van der Waals surface area contributed by atoms with Crippen molar-refractivity contribution in [3.63, 3.8) is 0 Å². The Bertz CT molecular complexity index is 188. The van der Waals surface area contributed by atoms with Crippen molar-refractivity contribution in [2.75, 3.05) is 0 Å². The van der Waals surface area contributed by atoms with Crippen molar-refractivity contribution in [3.8, 4) is 0 Å². The molecule has 10 heavy (non-hydrogen) atoms. The van der Waals surface area contributed by atoms with Crippen LogP contribution in [0.3, 0.4) is 0 Å². The van der Waals surface area contributed by atoms with E-state index in [2.05, 4.69) is 0 Å². The number of benzene rings is 1. The van der Waals surface area contributed by atoms with Gasteiger partial charge in [-0.3, -0.25) is 0 Å². The van der Waals surface area contributed by atoms with Gasteiger partial charge in [0.25, 0.3) is 0 Å². The van der Waals surface area contributed by atoms with Crippen LogP contribution in [0.15, 0.2) is 24.3 Å².